The Hall–Kier alpha value is -1.42. The van der Waals surface area contributed by atoms with Gasteiger partial charge in [-0.25, -0.2) is 0 Å². The minimum Gasteiger partial charge on any atom is -0.495 e. The number of methoxy groups -OCH3 is 1. The molecule has 9 heteroatoms. The van der Waals surface area contributed by atoms with Crippen molar-refractivity contribution in [1.82, 2.24) is 0 Å². The van der Waals surface area contributed by atoms with Gasteiger partial charge in [-0.15, -0.1) is 0 Å². The Balaban J connectivity index is 1.60. The summed E-state index contributed by atoms with van der Waals surface area (Å²) in [5.74, 6) is -1.66. The predicted octanol–water partition coefficient (Wildman–Crippen LogP) is 2.68. The van der Waals surface area contributed by atoms with Crippen LogP contribution in [0.2, 0.25) is 5.02 Å². The van der Waals surface area contributed by atoms with Crippen LogP contribution < -0.4 is 10.1 Å². The summed E-state index contributed by atoms with van der Waals surface area (Å²) in [5.41, 5.74) is 0.435. The molecular formula is C19H24ClNO7. The molecule has 0 aromatic heterocycles. The molecule has 1 aromatic carbocycles. The van der Waals surface area contributed by atoms with Gasteiger partial charge in [-0.2, -0.15) is 0 Å². The van der Waals surface area contributed by atoms with Crippen LogP contribution in [0.1, 0.15) is 27.7 Å². The van der Waals surface area contributed by atoms with Crippen molar-refractivity contribution in [2.24, 2.45) is 0 Å². The number of ether oxygens (including phenoxy) is 6. The second-order valence-electron chi connectivity index (χ2n) is 7.92. The van der Waals surface area contributed by atoms with E-state index in [-0.39, 0.29) is 0 Å². The third-order valence-electron chi connectivity index (χ3n) is 4.83. The van der Waals surface area contributed by atoms with Gasteiger partial charge in [-0.3, -0.25) is 4.79 Å². The van der Waals surface area contributed by atoms with Crippen molar-refractivity contribution in [3.63, 3.8) is 0 Å². The van der Waals surface area contributed by atoms with Crippen LogP contribution in [0.25, 0.3) is 0 Å². The summed E-state index contributed by atoms with van der Waals surface area (Å²) < 4.78 is 35.0. The van der Waals surface area contributed by atoms with Gasteiger partial charge in [0.2, 0.25) is 0 Å². The molecule has 154 valence electrons. The molecular weight excluding hydrogens is 390 g/mol. The van der Waals surface area contributed by atoms with Crippen molar-refractivity contribution in [1.29, 1.82) is 0 Å². The molecule has 3 aliphatic heterocycles. The molecule has 1 aromatic rings. The molecule has 0 saturated carbocycles. The molecule has 3 saturated heterocycles. The Labute approximate surface area is 168 Å². The summed E-state index contributed by atoms with van der Waals surface area (Å²) in [5, 5.41) is 3.27. The van der Waals surface area contributed by atoms with Gasteiger partial charge in [0, 0.05) is 5.02 Å². The van der Waals surface area contributed by atoms with Crippen LogP contribution in [-0.4, -0.2) is 55.3 Å². The van der Waals surface area contributed by atoms with Crippen LogP contribution in [0.4, 0.5) is 5.69 Å². The Morgan fingerprint density at radius 3 is 2.39 bits per heavy atom. The van der Waals surface area contributed by atoms with Gasteiger partial charge in [0.25, 0.3) is 5.91 Å². The van der Waals surface area contributed by atoms with E-state index >= 15 is 0 Å². The summed E-state index contributed by atoms with van der Waals surface area (Å²) in [6.07, 6.45) is -3.36. The van der Waals surface area contributed by atoms with E-state index < -0.39 is 48.2 Å². The highest BCUT2D eigenvalue weighted by atomic mass is 35.5. The van der Waals surface area contributed by atoms with Crippen molar-refractivity contribution in [2.75, 3.05) is 12.4 Å². The molecule has 3 heterocycles. The molecule has 0 spiro atoms. The zero-order valence-corrected chi connectivity index (χ0v) is 17.1. The van der Waals surface area contributed by atoms with Gasteiger partial charge in [0.15, 0.2) is 24.0 Å². The van der Waals surface area contributed by atoms with E-state index in [9.17, 15) is 4.79 Å². The topological polar surface area (TPSA) is 84.5 Å². The number of carbonyl (C=O) groups is 1. The molecule has 3 aliphatic rings. The van der Waals surface area contributed by atoms with Crippen LogP contribution in [0.5, 0.6) is 5.75 Å². The fourth-order valence-electron chi connectivity index (χ4n) is 3.81. The highest BCUT2D eigenvalue weighted by Gasteiger charge is 2.62. The number of carbonyl (C=O) groups excluding carboxylic acids is 1. The Morgan fingerprint density at radius 1 is 1.04 bits per heavy atom. The molecule has 0 bridgehead atoms. The number of fused-ring (bicyclic) bond motifs is 3. The first-order valence-corrected chi connectivity index (χ1v) is 9.47. The second-order valence-corrected chi connectivity index (χ2v) is 8.36. The maximum atomic E-state index is 13.1. The lowest BCUT2D eigenvalue weighted by molar-refractivity contribution is -0.229. The molecule has 0 unspecified atom stereocenters. The lowest BCUT2D eigenvalue weighted by Crippen LogP contribution is -2.58. The van der Waals surface area contributed by atoms with Gasteiger partial charge in [-0.05, 0) is 45.9 Å². The second kappa shape index (κ2) is 6.83. The first-order chi connectivity index (χ1) is 13.1. The monoisotopic (exact) mass is 413 g/mol. The third-order valence-corrected chi connectivity index (χ3v) is 5.07. The minimum atomic E-state index is -0.964. The maximum Gasteiger partial charge on any atom is 0.256 e. The molecule has 0 radical (unpaired) electrons. The summed E-state index contributed by atoms with van der Waals surface area (Å²) in [6, 6.07) is 4.96. The first-order valence-electron chi connectivity index (χ1n) is 9.10. The standard InChI is InChI=1S/C19H24ClNO7/c1-18(2)25-12-13(26-18)15-17(28-19(3,4)27-15)24-14(12)16(22)21-10-8-9(20)6-7-11(10)23-5/h6-8,12-15,17H,1-5H3,(H,21,22)/t12-,13+,14-,15-,17-/m1/s1. The fraction of sp³-hybridized carbons (Fsp3) is 0.632. The molecule has 5 atom stereocenters. The van der Waals surface area contributed by atoms with Gasteiger partial charge in [0.05, 0.1) is 12.8 Å². The number of amides is 1. The number of hydrogen-bond donors (Lipinski definition) is 1. The van der Waals surface area contributed by atoms with E-state index in [2.05, 4.69) is 5.32 Å². The molecule has 1 amide bonds. The zero-order valence-electron chi connectivity index (χ0n) is 16.4. The van der Waals surface area contributed by atoms with Crippen molar-refractivity contribution < 1.29 is 33.2 Å². The van der Waals surface area contributed by atoms with Crippen molar-refractivity contribution in [2.45, 2.75) is 70.0 Å². The number of rotatable bonds is 3. The van der Waals surface area contributed by atoms with Gasteiger partial charge in [-0.1, -0.05) is 11.6 Å². The molecule has 8 nitrogen and oxygen atoms in total. The van der Waals surface area contributed by atoms with E-state index in [4.69, 9.17) is 40.0 Å². The van der Waals surface area contributed by atoms with Crippen LogP contribution in [0.3, 0.4) is 0 Å². The highest BCUT2D eigenvalue weighted by molar-refractivity contribution is 6.31. The summed E-state index contributed by atoms with van der Waals surface area (Å²) in [7, 11) is 1.51. The molecule has 28 heavy (non-hydrogen) atoms. The number of halogens is 1. The molecule has 0 aliphatic carbocycles. The zero-order chi connectivity index (χ0) is 20.3. The predicted molar refractivity (Wildman–Crippen MR) is 99.2 cm³/mol. The molecule has 3 fully saturated rings. The van der Waals surface area contributed by atoms with Crippen LogP contribution in [-0.2, 0) is 28.5 Å². The first kappa shape index (κ1) is 19.9. The van der Waals surface area contributed by atoms with E-state index in [0.717, 1.165) is 0 Å². The van der Waals surface area contributed by atoms with Crippen molar-refractivity contribution >= 4 is 23.2 Å². The highest BCUT2D eigenvalue weighted by Crippen LogP contribution is 2.44. The van der Waals surface area contributed by atoms with E-state index in [0.29, 0.717) is 16.5 Å². The number of hydrogen-bond acceptors (Lipinski definition) is 7. The van der Waals surface area contributed by atoms with Crippen molar-refractivity contribution in [3.05, 3.63) is 23.2 Å². The van der Waals surface area contributed by atoms with Gasteiger partial charge < -0.3 is 33.7 Å². The van der Waals surface area contributed by atoms with Gasteiger partial charge in [0.1, 0.15) is 24.1 Å². The normalized spacial score (nSPS) is 35.1. The molecule has 1 N–H and O–H groups in total. The maximum absolute atomic E-state index is 13.1. The summed E-state index contributed by atoms with van der Waals surface area (Å²) >= 11 is 6.05. The van der Waals surface area contributed by atoms with E-state index in [1.165, 1.54) is 7.11 Å². The van der Waals surface area contributed by atoms with Gasteiger partial charge >= 0.3 is 0 Å². The smallest absolute Gasteiger partial charge is 0.256 e. The van der Waals surface area contributed by atoms with Crippen LogP contribution >= 0.6 is 11.6 Å². The van der Waals surface area contributed by atoms with E-state index in [1.54, 1.807) is 45.9 Å². The average molecular weight is 414 g/mol. The Kier molecular flexibility index (Phi) is 4.85. The lowest BCUT2D eigenvalue weighted by atomic mass is 9.98. The fourth-order valence-corrected chi connectivity index (χ4v) is 3.98. The minimum absolute atomic E-state index is 0.413. The lowest BCUT2D eigenvalue weighted by Gasteiger charge is -2.36. The Bertz CT molecular complexity index is 784. The van der Waals surface area contributed by atoms with Crippen LogP contribution in [0.15, 0.2) is 18.2 Å². The van der Waals surface area contributed by atoms with E-state index in [1.807, 2.05) is 0 Å². The number of benzene rings is 1. The average Bonchev–Trinajstić information content (AvgIpc) is 3.08. The summed E-state index contributed by atoms with van der Waals surface area (Å²) in [4.78, 5) is 13.1. The third kappa shape index (κ3) is 3.60. The molecule has 4 rings (SSSR count). The SMILES string of the molecule is COc1ccc(Cl)cc1NC(=O)[C@@H]1O[C@@H]2OC(C)(C)O[C@@H]2[C@H]2OC(C)(C)O[C@H]21. The number of anilines is 1. The van der Waals surface area contributed by atoms with Crippen LogP contribution in [0, 0.1) is 0 Å². The Morgan fingerprint density at radius 2 is 1.68 bits per heavy atom. The largest absolute Gasteiger partial charge is 0.495 e. The summed E-state index contributed by atoms with van der Waals surface area (Å²) in [6.45, 7) is 7.15. The number of nitrogens with one attached hydrogen (secondary N) is 1. The quantitative estimate of drug-likeness (QED) is 0.815. The van der Waals surface area contributed by atoms with Crippen molar-refractivity contribution in [3.8, 4) is 5.75 Å².